The van der Waals surface area contributed by atoms with E-state index in [1.807, 2.05) is 0 Å². The van der Waals surface area contributed by atoms with Crippen molar-refractivity contribution >= 4 is 10.0 Å². The first kappa shape index (κ1) is 16.3. The highest BCUT2D eigenvalue weighted by molar-refractivity contribution is 7.89. The number of sulfonamides is 1. The SMILES string of the molecule is COC1(CNS(=O)(=O)c2ccc(F)c(CN)c2)CCOC1. The topological polar surface area (TPSA) is 90.7 Å². The van der Waals surface area contributed by atoms with Gasteiger partial charge in [-0.25, -0.2) is 17.5 Å². The van der Waals surface area contributed by atoms with Gasteiger partial charge < -0.3 is 15.2 Å². The smallest absolute Gasteiger partial charge is 0.240 e. The zero-order valence-corrected chi connectivity index (χ0v) is 12.6. The molecule has 1 aromatic rings. The normalized spacial score (nSPS) is 22.6. The van der Waals surface area contributed by atoms with Crippen LogP contribution in [0.1, 0.15) is 12.0 Å². The van der Waals surface area contributed by atoms with Crippen LogP contribution in [0.3, 0.4) is 0 Å². The molecule has 1 fully saturated rings. The standard InChI is InChI=1S/C13H19FN2O4S/c1-19-13(4-5-20-9-13)8-16-21(17,18)11-2-3-12(14)10(6-11)7-15/h2-3,6,16H,4-5,7-9,15H2,1H3. The number of rotatable bonds is 6. The molecule has 8 heteroatoms. The zero-order valence-electron chi connectivity index (χ0n) is 11.8. The molecule has 0 bridgehead atoms. The van der Waals surface area contributed by atoms with E-state index < -0.39 is 21.4 Å². The molecule has 0 amide bonds. The lowest BCUT2D eigenvalue weighted by molar-refractivity contribution is -0.0120. The lowest BCUT2D eigenvalue weighted by atomic mass is 10.0. The van der Waals surface area contributed by atoms with Crippen LogP contribution < -0.4 is 10.5 Å². The molecule has 3 N–H and O–H groups in total. The summed E-state index contributed by atoms with van der Waals surface area (Å²) in [5.74, 6) is -0.519. The third-order valence-corrected chi connectivity index (χ3v) is 5.03. The van der Waals surface area contributed by atoms with E-state index in [0.29, 0.717) is 19.6 Å². The van der Waals surface area contributed by atoms with Crippen molar-refractivity contribution in [1.82, 2.24) is 4.72 Å². The Morgan fingerprint density at radius 3 is 2.86 bits per heavy atom. The molecule has 1 aliphatic rings. The summed E-state index contributed by atoms with van der Waals surface area (Å²) in [6, 6.07) is 3.55. The van der Waals surface area contributed by atoms with Crippen molar-refractivity contribution < 1.29 is 22.3 Å². The Morgan fingerprint density at radius 2 is 2.29 bits per heavy atom. The Morgan fingerprint density at radius 1 is 1.52 bits per heavy atom. The average Bonchev–Trinajstić information content (AvgIpc) is 2.95. The van der Waals surface area contributed by atoms with Crippen LogP contribution in [0.5, 0.6) is 0 Å². The summed E-state index contributed by atoms with van der Waals surface area (Å²) in [7, 11) is -2.23. The summed E-state index contributed by atoms with van der Waals surface area (Å²) in [6.07, 6.45) is 0.615. The number of hydrogen-bond donors (Lipinski definition) is 2. The van der Waals surface area contributed by atoms with E-state index in [9.17, 15) is 12.8 Å². The Kier molecular flexibility index (Phi) is 4.95. The molecule has 21 heavy (non-hydrogen) atoms. The van der Waals surface area contributed by atoms with Gasteiger partial charge in [0.25, 0.3) is 0 Å². The van der Waals surface area contributed by atoms with Crippen LogP contribution in [-0.2, 0) is 26.0 Å². The van der Waals surface area contributed by atoms with Gasteiger partial charge in [0, 0.05) is 38.8 Å². The minimum atomic E-state index is -3.75. The summed E-state index contributed by atoms with van der Waals surface area (Å²) >= 11 is 0. The predicted octanol–water partition coefficient (Wildman–Crippen LogP) is 0.368. The van der Waals surface area contributed by atoms with Crippen LogP contribution in [0.25, 0.3) is 0 Å². The van der Waals surface area contributed by atoms with Crippen molar-refractivity contribution in [3.63, 3.8) is 0 Å². The molecule has 0 saturated carbocycles. The molecule has 1 atom stereocenters. The average molecular weight is 318 g/mol. The minimum Gasteiger partial charge on any atom is -0.378 e. The molecule has 118 valence electrons. The molecule has 0 aliphatic carbocycles. The van der Waals surface area contributed by atoms with E-state index in [-0.39, 0.29) is 23.5 Å². The van der Waals surface area contributed by atoms with E-state index in [4.69, 9.17) is 15.2 Å². The largest absolute Gasteiger partial charge is 0.378 e. The first-order valence-electron chi connectivity index (χ1n) is 6.53. The highest BCUT2D eigenvalue weighted by Gasteiger charge is 2.36. The van der Waals surface area contributed by atoms with Crippen molar-refractivity contribution in [2.24, 2.45) is 5.73 Å². The highest BCUT2D eigenvalue weighted by Crippen LogP contribution is 2.22. The third-order valence-electron chi connectivity index (χ3n) is 3.63. The molecule has 0 aromatic heterocycles. The Balaban J connectivity index is 2.15. The van der Waals surface area contributed by atoms with Crippen LogP contribution in [0, 0.1) is 5.82 Å². The second kappa shape index (κ2) is 6.37. The maximum atomic E-state index is 13.4. The van der Waals surface area contributed by atoms with Crippen molar-refractivity contribution in [3.05, 3.63) is 29.6 Å². The number of methoxy groups -OCH3 is 1. The van der Waals surface area contributed by atoms with Gasteiger partial charge in [-0.3, -0.25) is 0 Å². The number of nitrogens with two attached hydrogens (primary N) is 1. The summed E-state index contributed by atoms with van der Waals surface area (Å²) in [5.41, 5.74) is 4.89. The van der Waals surface area contributed by atoms with Gasteiger partial charge in [-0.1, -0.05) is 0 Å². The molecule has 0 spiro atoms. The van der Waals surface area contributed by atoms with Gasteiger partial charge in [0.2, 0.25) is 10.0 Å². The monoisotopic (exact) mass is 318 g/mol. The van der Waals surface area contributed by atoms with Gasteiger partial charge >= 0.3 is 0 Å². The number of benzene rings is 1. The number of nitrogens with one attached hydrogen (secondary N) is 1. The minimum absolute atomic E-state index is 0.0190. The van der Waals surface area contributed by atoms with Gasteiger partial charge in [-0.05, 0) is 18.2 Å². The van der Waals surface area contributed by atoms with Crippen LogP contribution in [0.4, 0.5) is 4.39 Å². The predicted molar refractivity (Wildman–Crippen MR) is 74.7 cm³/mol. The fraction of sp³-hybridized carbons (Fsp3) is 0.538. The summed E-state index contributed by atoms with van der Waals surface area (Å²) in [5, 5.41) is 0. The summed E-state index contributed by atoms with van der Waals surface area (Å²) in [4.78, 5) is -0.0190. The van der Waals surface area contributed by atoms with Crippen molar-refractivity contribution in [2.45, 2.75) is 23.5 Å². The van der Waals surface area contributed by atoms with E-state index in [0.717, 1.165) is 6.07 Å². The lowest BCUT2D eigenvalue weighted by Crippen LogP contribution is -2.44. The van der Waals surface area contributed by atoms with Gasteiger partial charge in [-0.15, -0.1) is 0 Å². The molecule has 1 heterocycles. The van der Waals surface area contributed by atoms with Crippen LogP contribution in [0.15, 0.2) is 23.1 Å². The van der Waals surface area contributed by atoms with Gasteiger partial charge in [0.05, 0.1) is 11.5 Å². The lowest BCUT2D eigenvalue weighted by Gasteiger charge is -2.25. The number of hydrogen-bond acceptors (Lipinski definition) is 5. The third kappa shape index (κ3) is 3.58. The fourth-order valence-electron chi connectivity index (χ4n) is 2.15. The quantitative estimate of drug-likeness (QED) is 0.791. The Labute approximate surface area is 123 Å². The Hall–Kier alpha value is -1.06. The van der Waals surface area contributed by atoms with Gasteiger partial charge in [-0.2, -0.15) is 0 Å². The number of halogens is 1. The molecule has 1 saturated heterocycles. The number of ether oxygens (including phenoxy) is 2. The second-order valence-electron chi connectivity index (χ2n) is 4.97. The molecule has 1 aromatic carbocycles. The first-order valence-corrected chi connectivity index (χ1v) is 8.02. The molecular formula is C13H19FN2O4S. The fourth-order valence-corrected chi connectivity index (χ4v) is 3.31. The Bertz CT molecular complexity index is 600. The van der Waals surface area contributed by atoms with Crippen LogP contribution >= 0.6 is 0 Å². The zero-order chi connectivity index (χ0) is 15.5. The summed E-state index contributed by atoms with van der Waals surface area (Å²) in [6.45, 7) is 0.902. The van der Waals surface area contributed by atoms with E-state index in [1.54, 1.807) is 0 Å². The van der Waals surface area contributed by atoms with Crippen molar-refractivity contribution in [2.75, 3.05) is 26.9 Å². The van der Waals surface area contributed by atoms with Crippen molar-refractivity contribution in [3.8, 4) is 0 Å². The van der Waals surface area contributed by atoms with Gasteiger partial charge in [0.1, 0.15) is 11.4 Å². The highest BCUT2D eigenvalue weighted by atomic mass is 32.2. The van der Waals surface area contributed by atoms with Crippen molar-refractivity contribution in [1.29, 1.82) is 0 Å². The van der Waals surface area contributed by atoms with E-state index in [1.165, 1.54) is 19.2 Å². The molecule has 1 unspecified atom stereocenters. The second-order valence-corrected chi connectivity index (χ2v) is 6.74. The van der Waals surface area contributed by atoms with E-state index >= 15 is 0 Å². The van der Waals surface area contributed by atoms with Gasteiger partial charge in [0.15, 0.2) is 0 Å². The molecule has 1 aliphatic heterocycles. The maximum Gasteiger partial charge on any atom is 0.240 e. The van der Waals surface area contributed by atoms with Crippen LogP contribution in [0.2, 0.25) is 0 Å². The molecular weight excluding hydrogens is 299 g/mol. The molecule has 2 rings (SSSR count). The maximum absolute atomic E-state index is 13.4. The summed E-state index contributed by atoms with van der Waals surface area (Å²) < 4.78 is 51.0. The van der Waals surface area contributed by atoms with E-state index in [2.05, 4.69) is 4.72 Å². The molecule has 6 nitrogen and oxygen atoms in total. The molecule has 0 radical (unpaired) electrons. The first-order chi connectivity index (χ1) is 9.92. The van der Waals surface area contributed by atoms with Crippen LogP contribution in [-0.4, -0.2) is 40.9 Å².